The summed E-state index contributed by atoms with van der Waals surface area (Å²) in [6, 6.07) is 9.43. The van der Waals surface area contributed by atoms with Crippen LogP contribution >= 0.6 is 0 Å². The van der Waals surface area contributed by atoms with Crippen molar-refractivity contribution in [3.63, 3.8) is 0 Å². The molecule has 0 unspecified atom stereocenters. The number of hydrogen-bond acceptors (Lipinski definition) is 3. The molecular formula is C17H17BN3O+. The molecule has 3 aromatic heterocycles. The maximum atomic E-state index is 7.52. The summed E-state index contributed by atoms with van der Waals surface area (Å²) in [6.07, 6.45) is 3.95. The standard InChI is InChI=1S/C17H17BN3O/c1-12-7-8-13-16-14(22-17(13)19-12)9-10-18(21(16)3)15-6-4-5-11-20(15)2/h4-11H,1-3H3/q+1/i1D3. The molecule has 0 atom stereocenters. The third-order valence-corrected chi connectivity index (χ3v) is 4.15. The summed E-state index contributed by atoms with van der Waals surface area (Å²) in [4.78, 5) is 6.34. The Morgan fingerprint density at radius 3 is 3.05 bits per heavy atom. The molecule has 0 spiro atoms. The molecule has 3 aromatic rings. The normalized spacial score (nSPS) is 16.4. The van der Waals surface area contributed by atoms with Gasteiger partial charge in [0.05, 0.1) is 11.1 Å². The van der Waals surface area contributed by atoms with Gasteiger partial charge >= 0.3 is 6.85 Å². The van der Waals surface area contributed by atoms with E-state index in [0.717, 1.165) is 16.7 Å². The molecule has 0 aromatic carbocycles. The Balaban J connectivity index is 1.83. The Kier molecular flexibility index (Phi) is 2.20. The van der Waals surface area contributed by atoms with E-state index in [1.807, 2.05) is 38.5 Å². The van der Waals surface area contributed by atoms with Gasteiger partial charge in [0.15, 0.2) is 17.6 Å². The lowest BCUT2D eigenvalue weighted by Crippen LogP contribution is -2.60. The summed E-state index contributed by atoms with van der Waals surface area (Å²) in [7, 11) is 4.02. The van der Waals surface area contributed by atoms with Crippen LogP contribution in [0.15, 0.2) is 46.9 Å². The second-order valence-corrected chi connectivity index (χ2v) is 5.52. The van der Waals surface area contributed by atoms with Crippen LogP contribution in [0.3, 0.4) is 0 Å². The Morgan fingerprint density at radius 2 is 2.23 bits per heavy atom. The molecule has 0 fully saturated rings. The van der Waals surface area contributed by atoms with Crippen LogP contribution in [0.25, 0.3) is 17.2 Å². The highest BCUT2D eigenvalue weighted by Crippen LogP contribution is 2.36. The van der Waals surface area contributed by atoms with Crippen LogP contribution in [-0.2, 0) is 7.05 Å². The predicted octanol–water partition coefficient (Wildman–Crippen LogP) is 1.86. The molecule has 0 radical (unpaired) electrons. The lowest BCUT2D eigenvalue weighted by atomic mass is 9.55. The molecule has 4 rings (SSSR count). The molecule has 0 saturated heterocycles. The highest BCUT2D eigenvalue weighted by Gasteiger charge is 2.34. The lowest BCUT2D eigenvalue weighted by molar-refractivity contribution is -0.654. The van der Waals surface area contributed by atoms with E-state index in [1.54, 1.807) is 12.1 Å². The Morgan fingerprint density at radius 1 is 1.32 bits per heavy atom. The van der Waals surface area contributed by atoms with Crippen molar-refractivity contribution in [2.75, 3.05) is 11.9 Å². The zero-order chi connectivity index (χ0) is 17.8. The quantitative estimate of drug-likeness (QED) is 0.507. The first-order valence-electron chi connectivity index (χ1n) is 8.66. The monoisotopic (exact) mass is 293 g/mol. The van der Waals surface area contributed by atoms with Gasteiger partial charge in [-0.05, 0) is 38.2 Å². The first-order chi connectivity index (χ1) is 11.9. The van der Waals surface area contributed by atoms with E-state index < -0.39 is 6.85 Å². The Labute approximate surface area is 134 Å². The maximum Gasteiger partial charge on any atom is 0.396 e. The SMILES string of the molecule is [2H]C([2H])([2H])c1ccc2c3c(oc2n1)C=CB(c1cccc[n+]1C)N3C. The summed E-state index contributed by atoms with van der Waals surface area (Å²) < 4.78 is 30.5. The van der Waals surface area contributed by atoms with Crippen LogP contribution in [-0.4, -0.2) is 18.9 Å². The van der Waals surface area contributed by atoms with Crippen molar-refractivity contribution in [2.24, 2.45) is 7.05 Å². The fourth-order valence-corrected chi connectivity index (χ4v) is 3.05. The van der Waals surface area contributed by atoms with Crippen LogP contribution in [0.4, 0.5) is 5.69 Å². The minimum Gasteiger partial charge on any atom is -0.436 e. The number of anilines is 1. The third-order valence-electron chi connectivity index (χ3n) is 4.15. The highest BCUT2D eigenvalue weighted by atomic mass is 16.3. The van der Waals surface area contributed by atoms with Crippen molar-refractivity contribution in [3.05, 3.63) is 54.0 Å². The van der Waals surface area contributed by atoms with Gasteiger partial charge < -0.3 is 9.23 Å². The summed E-state index contributed by atoms with van der Waals surface area (Å²) in [5.74, 6) is 2.77. The molecule has 4 nitrogen and oxygen atoms in total. The largest absolute Gasteiger partial charge is 0.436 e. The van der Waals surface area contributed by atoms with Crippen molar-refractivity contribution in [3.8, 4) is 0 Å². The van der Waals surface area contributed by atoms with E-state index in [0.29, 0.717) is 11.5 Å². The van der Waals surface area contributed by atoms with Gasteiger partial charge in [-0.3, -0.25) is 0 Å². The van der Waals surface area contributed by atoms with Gasteiger partial charge in [0.25, 0.3) is 0 Å². The van der Waals surface area contributed by atoms with Crippen molar-refractivity contribution < 1.29 is 13.1 Å². The number of pyridine rings is 2. The van der Waals surface area contributed by atoms with Crippen LogP contribution in [0, 0.1) is 6.85 Å². The van der Waals surface area contributed by atoms with Crippen LogP contribution in [0.1, 0.15) is 15.6 Å². The molecule has 0 bridgehead atoms. The van der Waals surface area contributed by atoms with E-state index in [4.69, 9.17) is 8.53 Å². The number of hydrogen-bond donors (Lipinski definition) is 0. The second-order valence-electron chi connectivity index (χ2n) is 5.52. The number of aromatic nitrogens is 2. The fraction of sp³-hybridized carbons (Fsp3) is 0.176. The average molecular weight is 293 g/mol. The molecule has 22 heavy (non-hydrogen) atoms. The third kappa shape index (κ3) is 1.85. The van der Waals surface area contributed by atoms with Crippen molar-refractivity contribution in [1.29, 1.82) is 0 Å². The fourth-order valence-electron chi connectivity index (χ4n) is 3.05. The van der Waals surface area contributed by atoms with Gasteiger partial charge in [-0.1, -0.05) is 12.0 Å². The van der Waals surface area contributed by atoms with E-state index in [9.17, 15) is 0 Å². The lowest BCUT2D eigenvalue weighted by Gasteiger charge is -2.25. The zero-order valence-electron chi connectivity index (χ0n) is 15.4. The molecule has 0 saturated carbocycles. The Hall–Kier alpha value is -2.56. The maximum absolute atomic E-state index is 7.52. The molecule has 0 N–H and O–H groups in total. The number of fused-ring (bicyclic) bond motifs is 3. The summed E-state index contributed by atoms with van der Waals surface area (Å²) in [6.45, 7) is -2.19. The predicted molar refractivity (Wildman–Crippen MR) is 89.2 cm³/mol. The minimum absolute atomic E-state index is 0.0451. The first kappa shape index (κ1) is 10.2. The highest BCUT2D eigenvalue weighted by molar-refractivity contribution is 6.81. The van der Waals surface area contributed by atoms with Crippen LogP contribution in [0.5, 0.6) is 0 Å². The Bertz CT molecular complexity index is 996. The van der Waals surface area contributed by atoms with E-state index in [1.165, 1.54) is 0 Å². The van der Waals surface area contributed by atoms with E-state index >= 15 is 0 Å². The van der Waals surface area contributed by atoms with Crippen LogP contribution in [0.2, 0.25) is 0 Å². The molecule has 1 aliphatic rings. The topological polar surface area (TPSA) is 33.1 Å². The van der Waals surface area contributed by atoms with Gasteiger partial charge in [0, 0.05) is 15.9 Å². The number of nitrogens with zero attached hydrogens (tertiary/aromatic N) is 3. The average Bonchev–Trinajstić information content (AvgIpc) is 2.94. The van der Waals surface area contributed by atoms with Gasteiger partial charge in [-0.25, -0.2) is 9.55 Å². The zero-order valence-corrected chi connectivity index (χ0v) is 12.4. The summed E-state index contributed by atoms with van der Waals surface area (Å²) in [5.41, 5.74) is 2.47. The molecule has 108 valence electrons. The molecular weight excluding hydrogens is 273 g/mol. The molecule has 0 aliphatic carbocycles. The van der Waals surface area contributed by atoms with Gasteiger partial charge in [0.2, 0.25) is 5.71 Å². The molecule has 4 heterocycles. The molecule has 1 aliphatic heterocycles. The van der Waals surface area contributed by atoms with Crippen molar-refractivity contribution >= 4 is 35.3 Å². The number of rotatable bonds is 1. The van der Waals surface area contributed by atoms with E-state index in [2.05, 4.69) is 26.4 Å². The summed E-state index contributed by atoms with van der Waals surface area (Å²) in [5, 5.41) is 0.818. The van der Waals surface area contributed by atoms with Crippen molar-refractivity contribution in [1.82, 2.24) is 4.98 Å². The molecule has 0 amide bonds. The first-order valence-corrected chi connectivity index (χ1v) is 7.16. The molecule has 5 heteroatoms. The smallest absolute Gasteiger partial charge is 0.396 e. The van der Waals surface area contributed by atoms with E-state index in [-0.39, 0.29) is 12.5 Å². The number of furan rings is 1. The number of aryl methyl sites for hydroxylation is 2. The summed E-state index contributed by atoms with van der Waals surface area (Å²) >= 11 is 0. The van der Waals surface area contributed by atoms with Gasteiger partial charge in [-0.2, -0.15) is 0 Å². The van der Waals surface area contributed by atoms with Gasteiger partial charge in [-0.15, -0.1) is 0 Å². The van der Waals surface area contributed by atoms with Gasteiger partial charge in [0.1, 0.15) is 7.05 Å². The van der Waals surface area contributed by atoms with Crippen molar-refractivity contribution in [2.45, 2.75) is 6.85 Å². The minimum atomic E-state index is -2.25. The second kappa shape index (κ2) is 4.73. The van der Waals surface area contributed by atoms with Crippen LogP contribution < -0.4 is 15.0 Å².